The van der Waals surface area contributed by atoms with E-state index < -0.39 is 16.7 Å². The van der Waals surface area contributed by atoms with Crippen molar-refractivity contribution in [2.75, 3.05) is 12.4 Å². The summed E-state index contributed by atoms with van der Waals surface area (Å²) in [6.45, 7) is 0. The molecule has 9 heteroatoms. The lowest BCUT2D eigenvalue weighted by atomic mass is 10.1. The van der Waals surface area contributed by atoms with Gasteiger partial charge in [0.05, 0.1) is 16.0 Å². The molecule has 0 aliphatic heterocycles. The monoisotopic (exact) mass is 415 g/mol. The minimum absolute atomic E-state index is 0.173. The molecule has 144 valence electrons. The zero-order chi connectivity index (χ0) is 19.9. The van der Waals surface area contributed by atoms with Gasteiger partial charge in [0.25, 0.3) is 0 Å². The minimum atomic E-state index is -3.07. The van der Waals surface area contributed by atoms with E-state index in [1.54, 1.807) is 53.8 Å². The molecule has 0 spiro atoms. The normalized spacial score (nSPS) is 12.4. The topological polar surface area (TPSA) is 115 Å². The van der Waals surface area contributed by atoms with Crippen molar-refractivity contribution in [2.24, 2.45) is 0 Å². The lowest BCUT2D eigenvalue weighted by Gasteiger charge is -2.31. The molecular weight excluding hydrogens is 398 g/mol. The van der Waals surface area contributed by atoms with Crippen LogP contribution in [0.2, 0.25) is 0 Å². The summed E-state index contributed by atoms with van der Waals surface area (Å²) in [5.74, 6) is -0.432. The van der Waals surface area contributed by atoms with Crippen LogP contribution in [0.15, 0.2) is 58.8 Å². The molecule has 2 aromatic heterocycles. The first-order valence-electron chi connectivity index (χ1n) is 8.27. The molecule has 7 nitrogen and oxygen atoms in total. The van der Waals surface area contributed by atoms with Gasteiger partial charge in [-0.15, -0.1) is 22.1 Å². The third kappa shape index (κ3) is 3.30. The number of benzene rings is 2. The summed E-state index contributed by atoms with van der Waals surface area (Å²) in [7, 11) is -1.59. The highest BCUT2D eigenvalue weighted by atomic mass is 32.3. The number of hydrogen-bond acceptors (Lipinski definition) is 7. The molecule has 4 aromatic rings. The van der Waals surface area contributed by atoms with Gasteiger partial charge in [0, 0.05) is 28.2 Å². The number of anilines is 2. The van der Waals surface area contributed by atoms with E-state index in [1.807, 2.05) is 11.4 Å². The summed E-state index contributed by atoms with van der Waals surface area (Å²) in [6, 6.07) is 13.6. The highest BCUT2D eigenvalue weighted by molar-refractivity contribution is 8.22. The number of pyridine rings is 1. The first-order chi connectivity index (χ1) is 13.4. The van der Waals surface area contributed by atoms with Crippen molar-refractivity contribution < 1.29 is 19.0 Å². The molecule has 0 atom stereocenters. The summed E-state index contributed by atoms with van der Waals surface area (Å²) in [5, 5.41) is 16.2. The quantitative estimate of drug-likeness (QED) is 0.307. The second-order valence-corrected chi connectivity index (χ2v) is 8.96. The molecule has 4 rings (SSSR count). The number of aromatic nitrogens is 1. The highest BCUT2D eigenvalue weighted by Gasteiger charge is 2.15. The predicted molar refractivity (Wildman–Crippen MR) is 114 cm³/mol. The van der Waals surface area contributed by atoms with Gasteiger partial charge in [-0.1, -0.05) is 12.1 Å². The largest absolute Gasteiger partial charge is 0.478 e. The van der Waals surface area contributed by atoms with Crippen LogP contribution in [0.3, 0.4) is 0 Å². The van der Waals surface area contributed by atoms with Crippen LogP contribution in [-0.2, 0) is 0 Å². The van der Waals surface area contributed by atoms with Gasteiger partial charge in [-0.05, 0) is 41.8 Å². The first-order valence-corrected chi connectivity index (χ1v) is 10.7. The Hall–Kier alpha value is -2.69. The fourth-order valence-electron chi connectivity index (χ4n) is 2.93. The molecule has 0 unspecified atom stereocenters. The van der Waals surface area contributed by atoms with Crippen LogP contribution in [-0.4, -0.2) is 32.2 Å². The molecule has 28 heavy (non-hydrogen) atoms. The van der Waals surface area contributed by atoms with Gasteiger partial charge < -0.3 is 10.4 Å². The first kappa shape index (κ1) is 18.7. The van der Waals surface area contributed by atoms with Crippen molar-refractivity contribution in [1.82, 2.24) is 9.71 Å². The number of thiophene rings is 1. The zero-order valence-electron chi connectivity index (χ0n) is 14.7. The van der Waals surface area contributed by atoms with E-state index in [2.05, 4.69) is 15.0 Å². The molecule has 0 aliphatic carbocycles. The Morgan fingerprint density at radius 1 is 1.11 bits per heavy atom. The van der Waals surface area contributed by atoms with Gasteiger partial charge in [-0.25, -0.2) is 14.5 Å². The Morgan fingerprint density at radius 2 is 1.93 bits per heavy atom. The standard InChI is InChI=1S/C19H17N3O4S2/c1-20-28(25,26)13-4-2-3-12(10-13)21-18-15-7-8-27-17(15)14-6-5-11(19(23)24)9-16(14)22-18/h2-10,20,25-26H,1H3,(H,21,22)(H,23,24). The maximum absolute atomic E-state index is 11.3. The minimum Gasteiger partial charge on any atom is -0.478 e. The molecular formula is C19H17N3O4S2. The van der Waals surface area contributed by atoms with E-state index in [0.29, 0.717) is 21.9 Å². The number of carboxylic acids is 1. The molecule has 0 aliphatic rings. The Morgan fingerprint density at radius 3 is 2.68 bits per heavy atom. The second-order valence-electron chi connectivity index (χ2n) is 6.07. The summed E-state index contributed by atoms with van der Waals surface area (Å²) < 4.78 is 23.7. The Labute approximate surface area is 166 Å². The third-order valence-electron chi connectivity index (χ3n) is 4.35. The van der Waals surface area contributed by atoms with Gasteiger partial charge in [-0.3, -0.25) is 9.11 Å². The summed E-state index contributed by atoms with van der Waals surface area (Å²) >= 11 is 1.55. The average Bonchev–Trinajstić information content (AvgIpc) is 3.18. The van der Waals surface area contributed by atoms with E-state index in [1.165, 1.54) is 7.05 Å². The number of nitrogens with zero attached hydrogens (tertiary/aromatic N) is 1. The van der Waals surface area contributed by atoms with Crippen molar-refractivity contribution in [1.29, 1.82) is 0 Å². The van der Waals surface area contributed by atoms with Gasteiger partial charge in [-0.2, -0.15) is 0 Å². The highest BCUT2D eigenvalue weighted by Crippen LogP contribution is 2.44. The molecule has 2 aromatic carbocycles. The summed E-state index contributed by atoms with van der Waals surface area (Å²) in [6.07, 6.45) is 0. The second kappa shape index (κ2) is 7.04. The lowest BCUT2D eigenvalue weighted by molar-refractivity contribution is 0.0697. The van der Waals surface area contributed by atoms with Crippen LogP contribution in [0.25, 0.3) is 21.0 Å². The molecule has 2 heterocycles. The SMILES string of the molecule is CNS(O)(O)c1cccc(Nc2nc3cc(C(=O)O)ccc3c3sccc23)c1. The number of carbonyl (C=O) groups is 1. The Bertz CT molecular complexity index is 1210. The lowest BCUT2D eigenvalue weighted by Crippen LogP contribution is -2.14. The van der Waals surface area contributed by atoms with Crippen molar-refractivity contribution in [3.8, 4) is 0 Å². The average molecular weight is 415 g/mol. The number of hydrogen-bond donors (Lipinski definition) is 5. The maximum atomic E-state index is 11.3. The molecule has 0 radical (unpaired) electrons. The Kier molecular flexibility index (Phi) is 4.69. The molecule has 0 fully saturated rings. The summed E-state index contributed by atoms with van der Waals surface area (Å²) in [5.41, 5.74) is 1.39. The van der Waals surface area contributed by atoms with E-state index in [0.717, 1.165) is 15.5 Å². The van der Waals surface area contributed by atoms with E-state index in [9.17, 15) is 19.0 Å². The molecule has 0 saturated heterocycles. The van der Waals surface area contributed by atoms with Crippen LogP contribution in [0.4, 0.5) is 11.5 Å². The van der Waals surface area contributed by atoms with Crippen molar-refractivity contribution >= 4 is 60.6 Å². The van der Waals surface area contributed by atoms with E-state index >= 15 is 0 Å². The van der Waals surface area contributed by atoms with Crippen LogP contribution in [0.5, 0.6) is 0 Å². The van der Waals surface area contributed by atoms with Gasteiger partial charge >= 0.3 is 5.97 Å². The van der Waals surface area contributed by atoms with Crippen LogP contribution >= 0.6 is 22.1 Å². The predicted octanol–water partition coefficient (Wildman–Crippen LogP) is 5.14. The fraction of sp³-hybridized carbons (Fsp3) is 0.0526. The van der Waals surface area contributed by atoms with Crippen molar-refractivity contribution in [3.05, 3.63) is 59.5 Å². The van der Waals surface area contributed by atoms with Gasteiger partial charge in [0.2, 0.25) is 0 Å². The Balaban J connectivity index is 1.83. The summed E-state index contributed by atoms with van der Waals surface area (Å²) in [4.78, 5) is 16.3. The number of rotatable bonds is 5. The van der Waals surface area contributed by atoms with Crippen LogP contribution in [0.1, 0.15) is 10.4 Å². The number of carboxylic acid groups (broad SMARTS) is 1. The van der Waals surface area contributed by atoms with Crippen LogP contribution < -0.4 is 10.0 Å². The van der Waals surface area contributed by atoms with Crippen molar-refractivity contribution in [3.63, 3.8) is 0 Å². The molecule has 0 saturated carbocycles. The van der Waals surface area contributed by atoms with Gasteiger partial charge in [0.1, 0.15) is 5.82 Å². The number of fused-ring (bicyclic) bond motifs is 3. The maximum Gasteiger partial charge on any atom is 0.335 e. The fourth-order valence-corrected chi connectivity index (χ4v) is 4.66. The zero-order valence-corrected chi connectivity index (χ0v) is 16.3. The third-order valence-corrected chi connectivity index (χ3v) is 6.78. The van der Waals surface area contributed by atoms with E-state index in [4.69, 9.17) is 0 Å². The molecule has 0 amide bonds. The van der Waals surface area contributed by atoms with Crippen LogP contribution in [0, 0.1) is 0 Å². The van der Waals surface area contributed by atoms with Gasteiger partial charge in [0.15, 0.2) is 0 Å². The number of nitrogens with one attached hydrogen (secondary N) is 2. The number of aromatic carboxylic acids is 1. The smallest absolute Gasteiger partial charge is 0.335 e. The van der Waals surface area contributed by atoms with E-state index in [-0.39, 0.29) is 5.56 Å². The molecule has 5 N–H and O–H groups in total. The van der Waals surface area contributed by atoms with Crippen molar-refractivity contribution in [2.45, 2.75) is 4.90 Å². The molecule has 0 bridgehead atoms.